The molecule has 4 aromatic rings. The van der Waals surface area contributed by atoms with E-state index in [1.54, 1.807) is 19.2 Å². The maximum atomic E-state index is 13.3. The average molecular weight is 571 g/mol. The van der Waals surface area contributed by atoms with Gasteiger partial charge in [0.25, 0.3) is 15.9 Å². The van der Waals surface area contributed by atoms with Crippen molar-refractivity contribution in [1.82, 2.24) is 14.7 Å². The number of benzene rings is 3. The highest BCUT2D eigenvalue weighted by atomic mass is 32.2. The zero-order valence-electron chi connectivity index (χ0n) is 23.3. The van der Waals surface area contributed by atoms with E-state index < -0.39 is 15.9 Å². The minimum absolute atomic E-state index is 0.0177. The highest BCUT2D eigenvalue weighted by Crippen LogP contribution is 2.25. The van der Waals surface area contributed by atoms with Gasteiger partial charge in [-0.2, -0.15) is 0 Å². The summed E-state index contributed by atoms with van der Waals surface area (Å²) in [6.45, 7) is 3.49. The maximum absolute atomic E-state index is 13.3. The van der Waals surface area contributed by atoms with E-state index >= 15 is 0 Å². The zero-order valence-corrected chi connectivity index (χ0v) is 24.1. The largest absolute Gasteiger partial charge is 0.497 e. The number of sulfonamides is 1. The number of methoxy groups -OCH3 is 1. The lowest BCUT2D eigenvalue weighted by molar-refractivity contribution is 0.0980. The quantitative estimate of drug-likeness (QED) is 0.303. The summed E-state index contributed by atoms with van der Waals surface area (Å²) in [5.74, 6) is 1.09. The van der Waals surface area contributed by atoms with E-state index in [1.807, 2.05) is 37.3 Å². The SMILES string of the molecule is COc1ccc(Cc2nc(N3CCC(Cc4ccccc4)CC3)ncc2C(=O)NS(=O)(=O)c2ccc(C)cc2)cc1. The molecule has 1 fully saturated rings. The third-order valence-electron chi connectivity index (χ3n) is 7.45. The second-order valence-electron chi connectivity index (χ2n) is 10.4. The van der Waals surface area contributed by atoms with Crippen LogP contribution in [0.4, 0.5) is 5.95 Å². The van der Waals surface area contributed by atoms with E-state index in [0.29, 0.717) is 24.0 Å². The number of carbonyl (C=O) groups excluding carboxylic acids is 1. The van der Waals surface area contributed by atoms with Crippen LogP contribution < -0.4 is 14.4 Å². The molecule has 8 nitrogen and oxygen atoms in total. The van der Waals surface area contributed by atoms with Crippen molar-refractivity contribution in [1.29, 1.82) is 0 Å². The van der Waals surface area contributed by atoms with Gasteiger partial charge in [0.05, 0.1) is 23.3 Å². The van der Waals surface area contributed by atoms with E-state index in [0.717, 1.165) is 49.2 Å². The zero-order chi connectivity index (χ0) is 28.8. The number of carbonyl (C=O) groups is 1. The molecule has 1 aliphatic rings. The van der Waals surface area contributed by atoms with Gasteiger partial charge in [0.2, 0.25) is 5.95 Å². The van der Waals surface area contributed by atoms with Crippen molar-refractivity contribution in [3.05, 3.63) is 113 Å². The molecule has 41 heavy (non-hydrogen) atoms. The van der Waals surface area contributed by atoms with Gasteiger partial charge in [0.15, 0.2) is 0 Å². The number of piperidine rings is 1. The summed E-state index contributed by atoms with van der Waals surface area (Å²) >= 11 is 0. The first-order valence-corrected chi connectivity index (χ1v) is 15.2. The van der Waals surface area contributed by atoms with Crippen LogP contribution in [0.1, 0.15) is 45.6 Å². The summed E-state index contributed by atoms with van der Waals surface area (Å²) in [6.07, 6.45) is 4.85. The predicted octanol–water partition coefficient (Wildman–Crippen LogP) is 4.96. The second-order valence-corrected chi connectivity index (χ2v) is 12.1. The Morgan fingerprint density at radius 3 is 2.29 bits per heavy atom. The number of ether oxygens (including phenoxy) is 1. The number of nitrogens with zero attached hydrogens (tertiary/aromatic N) is 3. The molecule has 212 valence electrons. The van der Waals surface area contributed by atoms with Crippen LogP contribution in [0.3, 0.4) is 0 Å². The molecule has 3 aromatic carbocycles. The van der Waals surface area contributed by atoms with Gasteiger partial charge < -0.3 is 9.64 Å². The summed E-state index contributed by atoms with van der Waals surface area (Å²) in [5, 5.41) is 0. The Kier molecular flexibility index (Phi) is 8.64. The summed E-state index contributed by atoms with van der Waals surface area (Å²) in [6, 6.07) is 24.4. The molecule has 1 aliphatic heterocycles. The lowest BCUT2D eigenvalue weighted by atomic mass is 9.90. The van der Waals surface area contributed by atoms with Gasteiger partial charge in [0, 0.05) is 25.7 Å². The van der Waals surface area contributed by atoms with Crippen molar-refractivity contribution in [2.24, 2.45) is 5.92 Å². The van der Waals surface area contributed by atoms with Crippen molar-refractivity contribution in [2.45, 2.75) is 37.5 Å². The van der Waals surface area contributed by atoms with Gasteiger partial charge in [-0.05, 0) is 67.5 Å². The molecule has 0 radical (unpaired) electrons. The van der Waals surface area contributed by atoms with Crippen LogP contribution in [0.2, 0.25) is 0 Å². The van der Waals surface area contributed by atoms with Crippen LogP contribution in [-0.2, 0) is 22.9 Å². The molecule has 0 aliphatic carbocycles. The Morgan fingerprint density at radius 2 is 1.63 bits per heavy atom. The molecule has 0 unspecified atom stereocenters. The molecule has 2 heterocycles. The fraction of sp³-hybridized carbons (Fsp3) is 0.281. The molecule has 1 saturated heterocycles. The number of hydrogen-bond acceptors (Lipinski definition) is 7. The van der Waals surface area contributed by atoms with Crippen LogP contribution in [0.15, 0.2) is 90.0 Å². The van der Waals surface area contributed by atoms with Gasteiger partial charge in [0.1, 0.15) is 5.75 Å². The minimum Gasteiger partial charge on any atom is -0.497 e. The Labute approximate surface area is 241 Å². The molecule has 9 heteroatoms. The number of aryl methyl sites for hydroxylation is 1. The smallest absolute Gasteiger partial charge is 0.268 e. The van der Waals surface area contributed by atoms with Gasteiger partial charge in [-0.3, -0.25) is 4.79 Å². The van der Waals surface area contributed by atoms with Crippen molar-refractivity contribution in [3.63, 3.8) is 0 Å². The molecule has 0 bridgehead atoms. The van der Waals surface area contributed by atoms with Crippen LogP contribution in [0, 0.1) is 12.8 Å². The van der Waals surface area contributed by atoms with Crippen molar-refractivity contribution >= 4 is 21.9 Å². The third kappa shape index (κ3) is 7.10. The second kappa shape index (κ2) is 12.5. The summed E-state index contributed by atoms with van der Waals surface area (Å²) < 4.78 is 33.4. The van der Waals surface area contributed by atoms with E-state index in [2.05, 4.69) is 38.9 Å². The lowest BCUT2D eigenvalue weighted by Gasteiger charge is -2.32. The molecule has 1 amide bonds. The Bertz CT molecular complexity index is 1580. The molecule has 0 spiro atoms. The number of nitrogens with one attached hydrogen (secondary N) is 1. The molecular formula is C32H34N4O4S. The standard InChI is InChI=1S/C32H34N4O4S/c1-23-8-14-28(15-9-23)41(38,39)35-31(37)29-22-33-32(34-30(29)21-25-10-12-27(40-2)13-11-25)36-18-16-26(17-19-36)20-24-6-4-3-5-7-24/h3-15,22,26H,16-21H2,1-2H3,(H,35,37). The Hall–Kier alpha value is -4.24. The molecule has 1 N–H and O–H groups in total. The fourth-order valence-electron chi connectivity index (χ4n) is 5.06. The van der Waals surface area contributed by atoms with Crippen LogP contribution in [0.5, 0.6) is 5.75 Å². The number of amides is 1. The van der Waals surface area contributed by atoms with Gasteiger partial charge in [-0.15, -0.1) is 0 Å². The average Bonchev–Trinajstić information content (AvgIpc) is 2.98. The fourth-order valence-corrected chi connectivity index (χ4v) is 6.02. The van der Waals surface area contributed by atoms with Gasteiger partial charge in [-0.25, -0.2) is 23.1 Å². The Balaban J connectivity index is 1.37. The monoisotopic (exact) mass is 570 g/mol. The minimum atomic E-state index is -4.07. The number of rotatable bonds is 9. The van der Waals surface area contributed by atoms with E-state index in [9.17, 15) is 13.2 Å². The Morgan fingerprint density at radius 1 is 0.951 bits per heavy atom. The predicted molar refractivity (Wildman–Crippen MR) is 159 cm³/mol. The molecular weight excluding hydrogens is 536 g/mol. The number of aromatic nitrogens is 2. The van der Waals surface area contributed by atoms with E-state index in [1.165, 1.54) is 23.9 Å². The van der Waals surface area contributed by atoms with Gasteiger partial charge >= 0.3 is 0 Å². The van der Waals surface area contributed by atoms with E-state index in [-0.39, 0.29) is 10.5 Å². The number of hydrogen-bond donors (Lipinski definition) is 1. The first-order valence-electron chi connectivity index (χ1n) is 13.7. The van der Waals surface area contributed by atoms with Crippen molar-refractivity contribution < 1.29 is 17.9 Å². The van der Waals surface area contributed by atoms with Gasteiger partial charge in [-0.1, -0.05) is 60.2 Å². The first-order chi connectivity index (χ1) is 19.8. The normalized spacial score (nSPS) is 14.0. The summed E-state index contributed by atoms with van der Waals surface area (Å²) in [5.41, 5.74) is 3.76. The lowest BCUT2D eigenvalue weighted by Crippen LogP contribution is -2.36. The first kappa shape index (κ1) is 28.3. The van der Waals surface area contributed by atoms with Crippen molar-refractivity contribution in [3.8, 4) is 5.75 Å². The number of anilines is 1. The molecule has 1 aromatic heterocycles. The maximum Gasteiger partial charge on any atom is 0.268 e. The van der Waals surface area contributed by atoms with Crippen molar-refractivity contribution in [2.75, 3.05) is 25.1 Å². The molecule has 5 rings (SSSR count). The third-order valence-corrected chi connectivity index (χ3v) is 8.80. The summed E-state index contributed by atoms with van der Waals surface area (Å²) in [4.78, 5) is 24.8. The summed E-state index contributed by atoms with van der Waals surface area (Å²) in [7, 11) is -2.46. The van der Waals surface area contributed by atoms with Crippen LogP contribution in [0.25, 0.3) is 0 Å². The van der Waals surface area contributed by atoms with Crippen LogP contribution >= 0.6 is 0 Å². The topological polar surface area (TPSA) is 101 Å². The highest BCUT2D eigenvalue weighted by molar-refractivity contribution is 7.90. The van der Waals surface area contributed by atoms with Crippen LogP contribution in [-0.4, -0.2) is 44.5 Å². The highest BCUT2D eigenvalue weighted by Gasteiger charge is 2.25. The van der Waals surface area contributed by atoms with E-state index in [4.69, 9.17) is 9.72 Å². The molecule has 0 saturated carbocycles. The molecule has 0 atom stereocenters.